The molecule has 0 bridgehead atoms. The Kier molecular flexibility index (Phi) is 5.42. The van der Waals surface area contributed by atoms with Gasteiger partial charge in [0, 0.05) is 0 Å². The minimum Gasteiger partial charge on any atom is -0.0985 e. The first-order valence-electron chi connectivity index (χ1n) is 9.69. The molecule has 0 heterocycles. The fourth-order valence-corrected chi connectivity index (χ4v) is 4.60. The summed E-state index contributed by atoms with van der Waals surface area (Å²) in [6.45, 7) is 17.5. The van der Waals surface area contributed by atoms with Gasteiger partial charge in [0.05, 0.1) is 0 Å². The molecule has 0 nitrogen and oxygen atoms in total. The average molecular weight is 352 g/mol. The van der Waals surface area contributed by atoms with Crippen LogP contribution in [-0.2, 0) is 0 Å². The van der Waals surface area contributed by atoms with E-state index in [0.29, 0.717) is 0 Å². The minimum atomic E-state index is 0.241. The Morgan fingerprint density at radius 3 is 1.33 bits per heavy atom. The standard InChI is InChI=1S/C26H29B/c1-8-23-9-11-24(12-10-23)27(25-19(4)13-17(2)14-20(25)5)26-21(6)15-18(3)16-22(26)7/h8-16H,1H2,2-7H3. The van der Waals surface area contributed by atoms with Crippen molar-refractivity contribution in [3.05, 3.63) is 94.1 Å². The summed E-state index contributed by atoms with van der Waals surface area (Å²) in [5, 5.41) is 0. The van der Waals surface area contributed by atoms with Gasteiger partial charge in [-0.2, -0.15) is 0 Å². The van der Waals surface area contributed by atoms with Gasteiger partial charge in [0.1, 0.15) is 0 Å². The maximum absolute atomic E-state index is 3.90. The second kappa shape index (κ2) is 7.60. The molecule has 0 radical (unpaired) electrons. The molecule has 0 atom stereocenters. The van der Waals surface area contributed by atoms with E-state index in [1.54, 1.807) is 0 Å². The van der Waals surface area contributed by atoms with E-state index in [2.05, 4.69) is 96.7 Å². The Labute approximate surface area is 165 Å². The van der Waals surface area contributed by atoms with E-state index < -0.39 is 0 Å². The Balaban J connectivity index is 2.33. The normalized spacial score (nSPS) is 10.7. The summed E-state index contributed by atoms with van der Waals surface area (Å²) in [4.78, 5) is 0. The van der Waals surface area contributed by atoms with E-state index in [1.165, 1.54) is 49.8 Å². The number of benzene rings is 3. The molecule has 0 saturated heterocycles. The molecular weight excluding hydrogens is 323 g/mol. The lowest BCUT2D eigenvalue weighted by Crippen LogP contribution is -2.55. The Bertz CT molecular complexity index is 890. The summed E-state index contributed by atoms with van der Waals surface area (Å²) in [6.07, 6.45) is 1.91. The van der Waals surface area contributed by atoms with Gasteiger partial charge in [0.15, 0.2) is 0 Å². The zero-order chi connectivity index (χ0) is 19.7. The molecule has 0 aliphatic rings. The predicted octanol–water partition coefficient (Wildman–Crippen LogP) is 4.70. The summed E-state index contributed by atoms with van der Waals surface area (Å²) >= 11 is 0. The summed E-state index contributed by atoms with van der Waals surface area (Å²) in [5.74, 6) is 0. The van der Waals surface area contributed by atoms with Gasteiger partial charge in [-0.1, -0.05) is 111 Å². The van der Waals surface area contributed by atoms with Crippen LogP contribution in [0.1, 0.15) is 38.9 Å². The van der Waals surface area contributed by atoms with E-state index >= 15 is 0 Å². The van der Waals surface area contributed by atoms with Crippen LogP contribution in [0.25, 0.3) is 6.08 Å². The van der Waals surface area contributed by atoms with E-state index in [4.69, 9.17) is 0 Å². The smallest absolute Gasteiger partial charge is 0.0985 e. The molecule has 3 aromatic rings. The molecule has 3 rings (SSSR count). The van der Waals surface area contributed by atoms with Crippen LogP contribution in [0.5, 0.6) is 0 Å². The predicted molar refractivity (Wildman–Crippen MR) is 122 cm³/mol. The third kappa shape index (κ3) is 3.78. The molecule has 0 amide bonds. The van der Waals surface area contributed by atoms with Crippen LogP contribution < -0.4 is 16.4 Å². The van der Waals surface area contributed by atoms with Crippen molar-refractivity contribution in [2.45, 2.75) is 41.5 Å². The summed E-state index contributed by atoms with van der Waals surface area (Å²) in [5.41, 5.74) is 13.5. The molecule has 0 aliphatic carbocycles. The lowest BCUT2D eigenvalue weighted by Gasteiger charge is -2.24. The third-order valence-corrected chi connectivity index (χ3v) is 5.56. The Morgan fingerprint density at radius 2 is 1.00 bits per heavy atom. The van der Waals surface area contributed by atoms with Gasteiger partial charge in [0.25, 0.3) is 0 Å². The molecule has 0 fully saturated rings. The minimum absolute atomic E-state index is 0.241. The van der Waals surface area contributed by atoms with Crippen LogP contribution in [0.15, 0.2) is 55.1 Å². The molecular formula is C26H29B. The van der Waals surface area contributed by atoms with Crippen LogP contribution in [0.4, 0.5) is 0 Å². The first kappa shape index (κ1) is 19.2. The van der Waals surface area contributed by atoms with Crippen molar-refractivity contribution in [3.63, 3.8) is 0 Å². The highest BCUT2D eigenvalue weighted by molar-refractivity contribution is 6.96. The van der Waals surface area contributed by atoms with Crippen LogP contribution >= 0.6 is 0 Å². The Morgan fingerprint density at radius 1 is 0.630 bits per heavy atom. The molecule has 0 N–H and O–H groups in total. The zero-order valence-electron chi connectivity index (χ0n) is 17.5. The Hall–Kier alpha value is -2.54. The van der Waals surface area contributed by atoms with Gasteiger partial charge in [0.2, 0.25) is 6.71 Å². The third-order valence-electron chi connectivity index (χ3n) is 5.56. The monoisotopic (exact) mass is 352 g/mol. The summed E-state index contributed by atoms with van der Waals surface area (Å²) in [7, 11) is 0. The number of aryl methyl sites for hydroxylation is 6. The van der Waals surface area contributed by atoms with Crippen LogP contribution in [0, 0.1) is 41.5 Å². The van der Waals surface area contributed by atoms with Gasteiger partial charge in [-0.3, -0.25) is 0 Å². The zero-order valence-corrected chi connectivity index (χ0v) is 17.5. The molecule has 3 aromatic carbocycles. The van der Waals surface area contributed by atoms with Crippen molar-refractivity contribution >= 4 is 29.2 Å². The fourth-order valence-electron chi connectivity index (χ4n) is 4.60. The highest BCUT2D eigenvalue weighted by Crippen LogP contribution is 2.13. The second-order valence-corrected chi connectivity index (χ2v) is 7.93. The largest absolute Gasteiger partial charge is 0.242 e. The molecule has 1 heteroatoms. The van der Waals surface area contributed by atoms with Crippen molar-refractivity contribution < 1.29 is 0 Å². The topological polar surface area (TPSA) is 0 Å². The first-order valence-corrected chi connectivity index (χ1v) is 9.69. The van der Waals surface area contributed by atoms with Crippen molar-refractivity contribution in [1.29, 1.82) is 0 Å². The maximum Gasteiger partial charge on any atom is 0.242 e. The van der Waals surface area contributed by atoms with Crippen LogP contribution in [0.3, 0.4) is 0 Å². The molecule has 136 valence electrons. The molecule has 0 aliphatic heterocycles. The van der Waals surface area contributed by atoms with Gasteiger partial charge >= 0.3 is 0 Å². The first-order chi connectivity index (χ1) is 12.8. The van der Waals surface area contributed by atoms with Crippen molar-refractivity contribution in [1.82, 2.24) is 0 Å². The number of rotatable bonds is 4. The van der Waals surface area contributed by atoms with E-state index in [9.17, 15) is 0 Å². The molecule has 0 unspecified atom stereocenters. The molecule has 0 spiro atoms. The summed E-state index contributed by atoms with van der Waals surface area (Å²) in [6, 6.07) is 18.1. The van der Waals surface area contributed by atoms with Gasteiger partial charge in [-0.05, 0) is 47.1 Å². The SMILES string of the molecule is C=Cc1ccc(B(c2c(C)cc(C)cc2C)c2c(C)cc(C)cc2C)cc1. The quantitative estimate of drug-likeness (QED) is 0.597. The number of hydrogen-bond donors (Lipinski definition) is 0. The van der Waals surface area contributed by atoms with Crippen LogP contribution in [-0.4, -0.2) is 6.71 Å². The average Bonchev–Trinajstić information content (AvgIpc) is 2.59. The van der Waals surface area contributed by atoms with E-state index in [-0.39, 0.29) is 6.71 Å². The summed E-state index contributed by atoms with van der Waals surface area (Å²) < 4.78 is 0. The van der Waals surface area contributed by atoms with Crippen molar-refractivity contribution in [2.75, 3.05) is 0 Å². The lowest BCUT2D eigenvalue weighted by molar-refractivity contribution is 1.34. The number of hydrogen-bond acceptors (Lipinski definition) is 0. The van der Waals surface area contributed by atoms with Gasteiger partial charge < -0.3 is 0 Å². The van der Waals surface area contributed by atoms with Crippen LogP contribution in [0.2, 0.25) is 0 Å². The molecule has 0 saturated carbocycles. The second-order valence-electron chi connectivity index (χ2n) is 7.93. The molecule has 27 heavy (non-hydrogen) atoms. The van der Waals surface area contributed by atoms with Gasteiger partial charge in [-0.25, -0.2) is 0 Å². The lowest BCUT2D eigenvalue weighted by atomic mass is 9.34. The van der Waals surface area contributed by atoms with Gasteiger partial charge in [-0.15, -0.1) is 0 Å². The van der Waals surface area contributed by atoms with Crippen molar-refractivity contribution in [2.24, 2.45) is 0 Å². The highest BCUT2D eigenvalue weighted by Gasteiger charge is 2.28. The highest BCUT2D eigenvalue weighted by atomic mass is 14.1. The molecule has 0 aromatic heterocycles. The maximum atomic E-state index is 3.90. The van der Waals surface area contributed by atoms with Crippen molar-refractivity contribution in [3.8, 4) is 0 Å². The van der Waals surface area contributed by atoms with E-state index in [0.717, 1.165) is 5.56 Å². The van der Waals surface area contributed by atoms with E-state index in [1.807, 2.05) is 6.08 Å². The fraction of sp³-hybridized carbons (Fsp3) is 0.231.